The lowest BCUT2D eigenvalue weighted by Gasteiger charge is -2.37. The van der Waals surface area contributed by atoms with E-state index in [0.29, 0.717) is 11.4 Å². The van der Waals surface area contributed by atoms with Crippen molar-refractivity contribution in [3.05, 3.63) is 42.4 Å². The Kier molecular flexibility index (Phi) is 5.68. The van der Waals surface area contributed by atoms with Crippen molar-refractivity contribution in [1.29, 1.82) is 0 Å². The van der Waals surface area contributed by atoms with Crippen LogP contribution in [0.5, 0.6) is 5.75 Å². The number of nitrogens with zero attached hydrogens (tertiary/aromatic N) is 4. The average Bonchev–Trinajstić information content (AvgIpc) is 2.68. The molecule has 1 atom stereocenters. The first-order valence-electron chi connectivity index (χ1n) is 8.79. The molecular weight excluding hydrogens is 330 g/mol. The van der Waals surface area contributed by atoms with Crippen LogP contribution in [-0.2, 0) is 4.79 Å². The van der Waals surface area contributed by atoms with E-state index in [1.165, 1.54) is 0 Å². The largest absolute Gasteiger partial charge is 0.495 e. The summed E-state index contributed by atoms with van der Waals surface area (Å²) in [6.07, 6.45) is 5.15. The zero-order valence-electron chi connectivity index (χ0n) is 15.5. The molecule has 0 bridgehead atoms. The van der Waals surface area contributed by atoms with Crippen molar-refractivity contribution < 1.29 is 9.53 Å². The summed E-state index contributed by atoms with van der Waals surface area (Å²) in [7, 11) is 1.61. The van der Waals surface area contributed by atoms with Crippen LogP contribution in [-0.4, -0.2) is 60.1 Å². The van der Waals surface area contributed by atoms with Crippen LogP contribution in [0.2, 0.25) is 0 Å². The number of hydrogen-bond acceptors (Lipinski definition) is 6. The molecule has 2 aromatic rings. The highest BCUT2D eigenvalue weighted by molar-refractivity contribution is 5.96. The van der Waals surface area contributed by atoms with Crippen LogP contribution in [0.3, 0.4) is 0 Å². The van der Waals surface area contributed by atoms with Crippen LogP contribution in [0.25, 0.3) is 0 Å². The van der Waals surface area contributed by atoms with Gasteiger partial charge in [0.1, 0.15) is 11.6 Å². The second kappa shape index (κ2) is 8.14. The minimum atomic E-state index is -0.218. The molecule has 1 fully saturated rings. The maximum Gasteiger partial charge on any atom is 0.241 e. The van der Waals surface area contributed by atoms with Gasteiger partial charge in [0.15, 0.2) is 0 Å². The number of anilines is 2. The van der Waals surface area contributed by atoms with Crippen molar-refractivity contribution in [2.75, 3.05) is 43.5 Å². The van der Waals surface area contributed by atoms with Crippen molar-refractivity contribution in [1.82, 2.24) is 14.9 Å². The first kappa shape index (κ1) is 18.1. The molecule has 0 aliphatic carbocycles. The molecule has 3 rings (SSSR count). The summed E-state index contributed by atoms with van der Waals surface area (Å²) in [5, 5.41) is 3.00. The van der Waals surface area contributed by atoms with Gasteiger partial charge in [0.05, 0.1) is 25.0 Å². The van der Waals surface area contributed by atoms with E-state index < -0.39 is 0 Å². The van der Waals surface area contributed by atoms with E-state index in [-0.39, 0.29) is 11.9 Å². The van der Waals surface area contributed by atoms with Gasteiger partial charge in [-0.3, -0.25) is 14.7 Å². The number of carbonyl (C=O) groups is 1. The SMILES string of the molecule is COc1ccc(C)cc1NC(=O)C(C)N1CCN(c2cnccn2)CC1. The molecule has 1 aliphatic rings. The smallest absolute Gasteiger partial charge is 0.241 e. The third kappa shape index (κ3) is 4.11. The average molecular weight is 355 g/mol. The normalized spacial score (nSPS) is 16.2. The Morgan fingerprint density at radius 2 is 2.00 bits per heavy atom. The number of amides is 1. The quantitative estimate of drug-likeness (QED) is 0.884. The highest BCUT2D eigenvalue weighted by Gasteiger charge is 2.26. The van der Waals surface area contributed by atoms with E-state index in [9.17, 15) is 4.79 Å². The monoisotopic (exact) mass is 355 g/mol. The maximum absolute atomic E-state index is 12.7. The molecule has 0 radical (unpaired) electrons. The van der Waals surface area contributed by atoms with E-state index in [0.717, 1.165) is 37.6 Å². The van der Waals surface area contributed by atoms with E-state index >= 15 is 0 Å². The fourth-order valence-corrected chi connectivity index (χ4v) is 3.12. The number of aryl methyl sites for hydroxylation is 1. The van der Waals surface area contributed by atoms with Crippen LogP contribution in [0.15, 0.2) is 36.8 Å². The molecule has 1 aliphatic heterocycles. The number of ether oxygens (including phenoxy) is 1. The summed E-state index contributed by atoms with van der Waals surface area (Å²) < 4.78 is 5.34. The van der Waals surface area contributed by atoms with Crippen molar-refractivity contribution in [3.8, 4) is 5.75 Å². The van der Waals surface area contributed by atoms with Gasteiger partial charge >= 0.3 is 0 Å². The van der Waals surface area contributed by atoms with Gasteiger partial charge in [-0.25, -0.2) is 4.98 Å². The van der Waals surface area contributed by atoms with Crippen LogP contribution < -0.4 is 15.0 Å². The number of methoxy groups -OCH3 is 1. The first-order valence-corrected chi connectivity index (χ1v) is 8.79. The van der Waals surface area contributed by atoms with Crippen molar-refractivity contribution in [2.24, 2.45) is 0 Å². The molecule has 26 heavy (non-hydrogen) atoms. The fraction of sp³-hybridized carbons (Fsp3) is 0.421. The van der Waals surface area contributed by atoms with Gasteiger partial charge in [-0.05, 0) is 31.5 Å². The molecule has 7 heteroatoms. The predicted molar refractivity (Wildman–Crippen MR) is 102 cm³/mol. The van der Waals surface area contributed by atoms with Crippen LogP contribution >= 0.6 is 0 Å². The summed E-state index contributed by atoms with van der Waals surface area (Å²) in [6, 6.07) is 5.54. The van der Waals surface area contributed by atoms with Gasteiger partial charge < -0.3 is 15.0 Å². The molecule has 1 unspecified atom stereocenters. The number of hydrogen-bond donors (Lipinski definition) is 1. The number of rotatable bonds is 5. The summed E-state index contributed by atoms with van der Waals surface area (Å²) in [5.41, 5.74) is 1.79. The second-order valence-corrected chi connectivity index (χ2v) is 6.46. The number of benzene rings is 1. The molecule has 1 saturated heterocycles. The van der Waals surface area contributed by atoms with Gasteiger partial charge in [0.25, 0.3) is 0 Å². The Morgan fingerprint density at radius 3 is 2.65 bits per heavy atom. The van der Waals surface area contributed by atoms with E-state index in [1.807, 2.05) is 32.0 Å². The van der Waals surface area contributed by atoms with Crippen LogP contribution in [0, 0.1) is 6.92 Å². The molecular formula is C19H25N5O2. The lowest BCUT2D eigenvalue weighted by molar-refractivity contribution is -0.120. The van der Waals surface area contributed by atoms with Crippen molar-refractivity contribution in [2.45, 2.75) is 19.9 Å². The van der Waals surface area contributed by atoms with Crippen molar-refractivity contribution >= 4 is 17.4 Å². The molecule has 138 valence electrons. The number of aromatic nitrogens is 2. The lowest BCUT2D eigenvalue weighted by Crippen LogP contribution is -2.53. The molecule has 1 aromatic heterocycles. The molecule has 0 spiro atoms. The first-order chi connectivity index (χ1) is 12.6. The molecule has 1 amide bonds. The molecule has 7 nitrogen and oxygen atoms in total. The third-order valence-electron chi connectivity index (χ3n) is 4.73. The zero-order chi connectivity index (χ0) is 18.5. The Labute approximate surface area is 154 Å². The Bertz CT molecular complexity index is 745. The van der Waals surface area contributed by atoms with Gasteiger partial charge in [0.2, 0.25) is 5.91 Å². The Morgan fingerprint density at radius 1 is 1.23 bits per heavy atom. The molecule has 2 heterocycles. The minimum Gasteiger partial charge on any atom is -0.495 e. The van der Waals surface area contributed by atoms with Gasteiger partial charge in [-0.2, -0.15) is 0 Å². The fourth-order valence-electron chi connectivity index (χ4n) is 3.12. The summed E-state index contributed by atoms with van der Waals surface area (Å²) in [5.74, 6) is 1.53. The van der Waals surface area contributed by atoms with E-state index in [2.05, 4.69) is 25.1 Å². The summed E-state index contributed by atoms with van der Waals surface area (Å²) in [6.45, 7) is 7.18. The summed E-state index contributed by atoms with van der Waals surface area (Å²) >= 11 is 0. The third-order valence-corrected chi connectivity index (χ3v) is 4.73. The second-order valence-electron chi connectivity index (χ2n) is 6.46. The standard InChI is InChI=1S/C19H25N5O2/c1-14-4-5-17(26-3)16(12-14)22-19(25)15(2)23-8-10-24(11-9-23)18-13-20-6-7-21-18/h4-7,12-13,15H,8-11H2,1-3H3,(H,22,25). The van der Waals surface area contributed by atoms with Gasteiger partial charge in [0, 0.05) is 38.6 Å². The molecule has 0 saturated carbocycles. The zero-order valence-corrected chi connectivity index (χ0v) is 15.5. The van der Waals surface area contributed by atoms with Crippen LogP contribution in [0.4, 0.5) is 11.5 Å². The number of nitrogens with one attached hydrogen (secondary N) is 1. The van der Waals surface area contributed by atoms with Gasteiger partial charge in [-0.1, -0.05) is 6.07 Å². The topological polar surface area (TPSA) is 70.6 Å². The Hall–Kier alpha value is -2.67. The number of piperazine rings is 1. The van der Waals surface area contributed by atoms with E-state index in [4.69, 9.17) is 4.74 Å². The van der Waals surface area contributed by atoms with E-state index in [1.54, 1.807) is 25.7 Å². The predicted octanol–water partition coefficient (Wildman–Crippen LogP) is 1.94. The lowest BCUT2D eigenvalue weighted by atomic mass is 10.1. The highest BCUT2D eigenvalue weighted by atomic mass is 16.5. The van der Waals surface area contributed by atoms with Gasteiger partial charge in [-0.15, -0.1) is 0 Å². The molecule has 1 aromatic carbocycles. The number of carbonyl (C=O) groups excluding carboxylic acids is 1. The highest BCUT2D eigenvalue weighted by Crippen LogP contribution is 2.25. The molecule has 1 N–H and O–H groups in total. The van der Waals surface area contributed by atoms with Crippen molar-refractivity contribution in [3.63, 3.8) is 0 Å². The Balaban J connectivity index is 1.59. The maximum atomic E-state index is 12.7. The summed E-state index contributed by atoms with van der Waals surface area (Å²) in [4.78, 5) is 25.5. The van der Waals surface area contributed by atoms with Crippen LogP contribution in [0.1, 0.15) is 12.5 Å². The minimum absolute atomic E-state index is 0.0261.